The first-order valence-electron chi connectivity index (χ1n) is 19.6. The van der Waals surface area contributed by atoms with E-state index in [2.05, 4.69) is 38.8 Å². The largest absolute Gasteiger partial charge is 0.490 e. The molecule has 6 atom stereocenters. The minimum atomic E-state index is -3.94. The van der Waals surface area contributed by atoms with E-state index in [0.717, 1.165) is 107 Å². The summed E-state index contributed by atoms with van der Waals surface area (Å²) in [5.74, 6) is 1.12. The number of hydrogen-bond acceptors (Lipinski definition) is 8. The van der Waals surface area contributed by atoms with Gasteiger partial charge in [-0.15, -0.1) is 0 Å². The number of carbonyl (C=O) groups is 1. The number of halogens is 1. The second-order valence-electron chi connectivity index (χ2n) is 16.4. The Balaban J connectivity index is 1.14. The monoisotopic (exact) mass is 751 g/mol. The molecule has 2 bridgehead atoms. The summed E-state index contributed by atoms with van der Waals surface area (Å²) in [4.78, 5) is 18.7. The summed E-state index contributed by atoms with van der Waals surface area (Å²) < 4.78 is 49.5. The van der Waals surface area contributed by atoms with Gasteiger partial charge in [-0.1, -0.05) is 49.6 Å². The van der Waals surface area contributed by atoms with Crippen LogP contribution in [0.25, 0.3) is 0 Å². The Bertz CT molecular complexity index is 1760. The van der Waals surface area contributed by atoms with E-state index >= 15 is 0 Å². The molecule has 1 N–H and O–H groups in total. The van der Waals surface area contributed by atoms with Crippen LogP contribution in [-0.2, 0) is 31.3 Å². The topological polar surface area (TPSA) is 97.4 Å². The van der Waals surface area contributed by atoms with Gasteiger partial charge in [0.2, 0.25) is 10.0 Å². The summed E-state index contributed by atoms with van der Waals surface area (Å²) in [6.07, 6.45) is 12.8. The number of anilines is 1. The van der Waals surface area contributed by atoms with Crippen LogP contribution in [0.5, 0.6) is 5.75 Å². The number of sulfonamides is 1. The minimum absolute atomic E-state index is 0.0568. The van der Waals surface area contributed by atoms with Gasteiger partial charge >= 0.3 is 0 Å². The standard InChI is InChI=1S/C41H54ClN3O6S/c1-28-4-2-6-37(50-21-18-44-16-19-49-20-17-44)34-12-9-32(34)25-45-26-41(15-3-5-30-23-33(42)11-13-35(30)41)27-51-38-14-10-31(24-36(38)45)40(46)43-52(47,48)39(28)22-29-7-8-29/h2,6,10-11,13-14,23-24,28-29,32,34,37,39H,3-5,7-9,12,15-22,25-27H2,1H3,(H,43,46)/b6-2-/t28-,32-,34+,37-,39-,41-/m0/s1. The summed E-state index contributed by atoms with van der Waals surface area (Å²) in [5, 5.41) is 0.0991. The van der Waals surface area contributed by atoms with E-state index in [0.29, 0.717) is 49.4 Å². The van der Waals surface area contributed by atoms with Crippen molar-refractivity contribution in [2.24, 2.45) is 23.7 Å². The summed E-state index contributed by atoms with van der Waals surface area (Å²) in [7, 11) is -3.94. The molecule has 11 heteroatoms. The lowest BCUT2D eigenvalue weighted by molar-refractivity contribution is -0.0315. The maximum Gasteiger partial charge on any atom is 0.264 e. The second-order valence-corrected chi connectivity index (χ2v) is 18.7. The van der Waals surface area contributed by atoms with Gasteiger partial charge in [0.25, 0.3) is 5.91 Å². The summed E-state index contributed by atoms with van der Waals surface area (Å²) in [6.45, 7) is 8.96. The number of carbonyl (C=O) groups excluding carboxylic acids is 1. The molecule has 0 unspecified atom stereocenters. The average molecular weight is 752 g/mol. The van der Waals surface area contributed by atoms with Crippen molar-refractivity contribution < 1.29 is 27.4 Å². The number of nitrogens with one attached hydrogen (secondary N) is 1. The van der Waals surface area contributed by atoms with Gasteiger partial charge in [0.1, 0.15) is 5.75 Å². The normalized spacial score (nSPS) is 32.8. The SMILES string of the molecule is C[C@H]1C/C=C\[C@H](OCCN2CCOCC2)[C@@H]2CC[C@H]2CN2C[C@@]3(CCCc4cc(Cl)ccc43)COc3ccc(cc32)C(=O)NS(=O)(=O)[C@H]1CC1CC1. The van der Waals surface area contributed by atoms with Crippen molar-refractivity contribution in [2.75, 3.05) is 64.1 Å². The van der Waals surface area contributed by atoms with E-state index in [1.807, 2.05) is 25.1 Å². The van der Waals surface area contributed by atoms with Gasteiger partial charge in [0.15, 0.2) is 0 Å². The van der Waals surface area contributed by atoms with Crippen LogP contribution in [0.1, 0.15) is 79.8 Å². The molecule has 52 heavy (non-hydrogen) atoms. The molecule has 6 aliphatic rings. The molecule has 3 aliphatic carbocycles. The van der Waals surface area contributed by atoms with Crippen molar-refractivity contribution >= 4 is 33.2 Å². The zero-order chi connectivity index (χ0) is 35.9. The number of aryl methyl sites for hydroxylation is 1. The van der Waals surface area contributed by atoms with E-state index in [-0.39, 0.29) is 17.4 Å². The number of allylic oxidation sites excluding steroid dienone is 1. The number of benzene rings is 2. The van der Waals surface area contributed by atoms with Gasteiger partial charge in [-0.2, -0.15) is 0 Å². The molecule has 3 fully saturated rings. The fourth-order valence-electron chi connectivity index (χ4n) is 9.45. The quantitative estimate of drug-likeness (QED) is 0.340. The van der Waals surface area contributed by atoms with Crippen LogP contribution in [0.15, 0.2) is 48.6 Å². The molecule has 1 saturated heterocycles. The van der Waals surface area contributed by atoms with E-state index in [1.165, 1.54) is 11.1 Å². The summed E-state index contributed by atoms with van der Waals surface area (Å²) >= 11 is 6.49. The number of ether oxygens (including phenoxy) is 3. The Labute approximate surface area is 314 Å². The van der Waals surface area contributed by atoms with Crippen molar-refractivity contribution in [1.29, 1.82) is 0 Å². The van der Waals surface area contributed by atoms with Gasteiger partial charge in [0.05, 0.1) is 43.5 Å². The van der Waals surface area contributed by atoms with Gasteiger partial charge in [0, 0.05) is 48.7 Å². The highest BCUT2D eigenvalue weighted by Gasteiger charge is 2.45. The average Bonchev–Trinajstić information content (AvgIpc) is 3.96. The third-order valence-corrected chi connectivity index (χ3v) is 15.0. The van der Waals surface area contributed by atoms with E-state index in [9.17, 15) is 13.2 Å². The summed E-state index contributed by atoms with van der Waals surface area (Å²) in [5.41, 5.74) is 3.51. The lowest BCUT2D eigenvalue weighted by atomic mass is 9.68. The molecule has 0 radical (unpaired) electrons. The number of fused-ring (bicyclic) bond motifs is 4. The highest BCUT2D eigenvalue weighted by molar-refractivity contribution is 7.90. The molecule has 3 aliphatic heterocycles. The Kier molecular flexibility index (Phi) is 10.7. The number of nitrogens with zero attached hydrogens (tertiary/aromatic N) is 2. The first-order chi connectivity index (χ1) is 25.2. The van der Waals surface area contributed by atoms with Gasteiger partial charge in [-0.3, -0.25) is 9.69 Å². The Morgan fingerprint density at radius 3 is 2.71 bits per heavy atom. The molecule has 282 valence electrons. The third kappa shape index (κ3) is 7.79. The second kappa shape index (κ2) is 15.2. The molecule has 2 aromatic carbocycles. The Morgan fingerprint density at radius 2 is 1.92 bits per heavy atom. The minimum Gasteiger partial charge on any atom is -0.490 e. The van der Waals surface area contributed by atoms with Crippen molar-refractivity contribution in [2.45, 2.75) is 81.5 Å². The third-order valence-electron chi connectivity index (χ3n) is 12.8. The van der Waals surface area contributed by atoms with Crippen LogP contribution in [0.2, 0.25) is 5.02 Å². The first kappa shape index (κ1) is 36.4. The lowest BCUT2D eigenvalue weighted by Gasteiger charge is -2.46. The fourth-order valence-corrected chi connectivity index (χ4v) is 11.4. The maximum absolute atomic E-state index is 14.0. The molecular weight excluding hydrogens is 698 g/mol. The van der Waals surface area contributed by atoms with E-state index in [4.69, 9.17) is 25.8 Å². The van der Waals surface area contributed by atoms with Crippen molar-refractivity contribution in [3.05, 3.63) is 70.3 Å². The van der Waals surface area contributed by atoms with Crippen LogP contribution in [0.3, 0.4) is 0 Å². The number of rotatable bonds is 6. The predicted octanol–water partition coefficient (Wildman–Crippen LogP) is 6.38. The highest BCUT2D eigenvalue weighted by atomic mass is 35.5. The zero-order valence-electron chi connectivity index (χ0n) is 30.4. The van der Waals surface area contributed by atoms with Crippen molar-refractivity contribution in [3.8, 4) is 5.75 Å². The van der Waals surface area contributed by atoms with Crippen LogP contribution in [0, 0.1) is 23.7 Å². The zero-order valence-corrected chi connectivity index (χ0v) is 32.0. The van der Waals surface area contributed by atoms with Gasteiger partial charge in [-0.25, -0.2) is 13.1 Å². The molecule has 2 saturated carbocycles. The van der Waals surface area contributed by atoms with Crippen molar-refractivity contribution in [1.82, 2.24) is 9.62 Å². The molecule has 0 aromatic heterocycles. The number of hydrogen-bond donors (Lipinski definition) is 1. The van der Waals surface area contributed by atoms with Crippen LogP contribution in [-0.4, -0.2) is 89.7 Å². The maximum atomic E-state index is 14.0. The fraction of sp³-hybridized carbons (Fsp3) is 0.634. The molecular formula is C41H54ClN3O6S. The first-order valence-corrected chi connectivity index (χ1v) is 21.5. The molecule has 1 spiro atoms. The predicted molar refractivity (Wildman–Crippen MR) is 204 cm³/mol. The van der Waals surface area contributed by atoms with Crippen molar-refractivity contribution in [3.63, 3.8) is 0 Å². The molecule has 2 aromatic rings. The van der Waals surface area contributed by atoms with Gasteiger partial charge < -0.3 is 19.1 Å². The smallest absolute Gasteiger partial charge is 0.264 e. The summed E-state index contributed by atoms with van der Waals surface area (Å²) in [6, 6.07) is 11.7. The molecule has 3 heterocycles. The Hall–Kier alpha value is -2.63. The highest BCUT2D eigenvalue weighted by Crippen LogP contribution is 2.47. The molecule has 9 nitrogen and oxygen atoms in total. The van der Waals surface area contributed by atoms with Crippen LogP contribution >= 0.6 is 11.6 Å². The van der Waals surface area contributed by atoms with Gasteiger partial charge in [-0.05, 0) is 110 Å². The molecule has 8 rings (SSSR count). The van der Waals surface area contributed by atoms with E-state index < -0.39 is 21.2 Å². The number of amides is 1. The Morgan fingerprint density at radius 1 is 1.08 bits per heavy atom. The molecule has 1 amide bonds. The van der Waals surface area contributed by atoms with Crippen LogP contribution in [0.4, 0.5) is 5.69 Å². The lowest BCUT2D eigenvalue weighted by Crippen LogP contribution is -2.50. The number of morpholine rings is 1. The van der Waals surface area contributed by atoms with E-state index in [1.54, 1.807) is 6.07 Å². The van der Waals surface area contributed by atoms with Crippen LogP contribution < -0.4 is 14.4 Å².